The largest absolute Gasteiger partial charge is 0.726 e. The lowest BCUT2D eigenvalue weighted by atomic mass is 9.97. The molecule has 0 spiro atoms. The molecule has 1 atom stereocenters. The average Bonchev–Trinajstić information content (AvgIpc) is 2.81. The predicted octanol–water partition coefficient (Wildman–Crippen LogP) is 8.18. The maximum absolute atomic E-state index is 9.22. The first-order valence-corrected chi connectivity index (χ1v) is 15.3. The smallest absolute Gasteiger partial charge is 0.217 e. The second-order valence-corrected chi connectivity index (χ2v) is 11.9. The standard InChI is InChI=1S/C28H52N.CH4O4S/c1-5-6-7-8-9-10-11-12-13-14-15-16-17-18-19-23-26-28(29(2,3)4)27-24-21-20-22-25-27;1-5-6(2,3)4/h20-22,24-25,28H,5-19,23,26H2,1-4H3;1H3,(H,2,3,4)/q+1;/p-1. The van der Waals surface area contributed by atoms with Gasteiger partial charge < -0.3 is 9.04 Å². The molecule has 0 fully saturated rings. The number of hydrogen-bond acceptors (Lipinski definition) is 4. The number of hydrogen-bond donors (Lipinski definition) is 0. The van der Waals surface area contributed by atoms with Crippen LogP contribution in [-0.2, 0) is 14.6 Å². The summed E-state index contributed by atoms with van der Waals surface area (Å²) in [6.45, 7) is 2.30. The number of nitrogens with zero attached hydrogens (tertiary/aromatic N) is 1. The lowest BCUT2D eigenvalue weighted by Gasteiger charge is -2.34. The Hall–Kier alpha value is -0.950. The molecule has 6 heteroatoms. The quantitative estimate of drug-likeness (QED) is 0.0763. The van der Waals surface area contributed by atoms with E-state index in [4.69, 9.17) is 0 Å². The third-order valence-electron chi connectivity index (χ3n) is 6.65. The van der Waals surface area contributed by atoms with E-state index >= 15 is 0 Å². The summed E-state index contributed by atoms with van der Waals surface area (Å²) in [6, 6.07) is 11.7. The highest BCUT2D eigenvalue weighted by Gasteiger charge is 2.24. The van der Waals surface area contributed by atoms with Crippen LogP contribution in [0.5, 0.6) is 0 Å². The zero-order chi connectivity index (χ0) is 26.4. The van der Waals surface area contributed by atoms with Crippen molar-refractivity contribution in [1.82, 2.24) is 0 Å². The Bertz CT molecular complexity index is 686. The van der Waals surface area contributed by atoms with E-state index in [0.717, 1.165) is 11.6 Å². The number of benzene rings is 1. The van der Waals surface area contributed by atoms with Crippen molar-refractivity contribution >= 4 is 10.4 Å². The molecule has 1 aromatic carbocycles. The maximum atomic E-state index is 9.22. The number of unbranched alkanes of at least 4 members (excludes halogenated alkanes) is 15. The van der Waals surface area contributed by atoms with E-state index in [-0.39, 0.29) is 0 Å². The lowest BCUT2D eigenvalue weighted by molar-refractivity contribution is -0.902. The lowest BCUT2D eigenvalue weighted by Crippen LogP contribution is -2.38. The Kier molecular flexibility index (Phi) is 20.6. The van der Waals surface area contributed by atoms with Crippen LogP contribution in [-0.4, -0.2) is 45.7 Å². The summed E-state index contributed by atoms with van der Waals surface area (Å²) < 4.78 is 32.1. The second-order valence-electron chi connectivity index (χ2n) is 10.7. The maximum Gasteiger partial charge on any atom is 0.217 e. The van der Waals surface area contributed by atoms with E-state index in [0.29, 0.717) is 6.04 Å². The van der Waals surface area contributed by atoms with Gasteiger partial charge in [0.2, 0.25) is 10.4 Å². The highest BCUT2D eigenvalue weighted by atomic mass is 32.3. The Morgan fingerprint density at radius 1 is 0.714 bits per heavy atom. The van der Waals surface area contributed by atoms with E-state index in [9.17, 15) is 13.0 Å². The fraction of sp³-hybridized carbons (Fsp3) is 0.793. The van der Waals surface area contributed by atoms with E-state index < -0.39 is 10.4 Å². The van der Waals surface area contributed by atoms with Crippen LogP contribution in [0.25, 0.3) is 0 Å². The summed E-state index contributed by atoms with van der Waals surface area (Å²) in [7, 11) is 3.41. The molecule has 1 aromatic rings. The van der Waals surface area contributed by atoms with Gasteiger partial charge >= 0.3 is 0 Å². The minimum atomic E-state index is -4.41. The van der Waals surface area contributed by atoms with Crippen LogP contribution < -0.4 is 0 Å². The molecule has 0 amide bonds. The van der Waals surface area contributed by atoms with Crippen LogP contribution in [0.15, 0.2) is 30.3 Å². The normalized spacial score (nSPS) is 12.7. The molecule has 0 bridgehead atoms. The fourth-order valence-corrected chi connectivity index (χ4v) is 4.56. The molecular weight excluding hydrogens is 458 g/mol. The zero-order valence-electron chi connectivity index (χ0n) is 23.5. The van der Waals surface area contributed by atoms with Crippen LogP contribution in [0.3, 0.4) is 0 Å². The van der Waals surface area contributed by atoms with Crippen molar-refractivity contribution < 1.29 is 21.6 Å². The van der Waals surface area contributed by atoms with Crippen molar-refractivity contribution in [3.8, 4) is 0 Å². The average molecular weight is 514 g/mol. The van der Waals surface area contributed by atoms with Gasteiger partial charge in [-0.2, -0.15) is 0 Å². The molecule has 0 aliphatic carbocycles. The molecule has 206 valence electrons. The summed E-state index contributed by atoms with van der Waals surface area (Å²) in [4.78, 5) is 0. The zero-order valence-corrected chi connectivity index (χ0v) is 24.3. The van der Waals surface area contributed by atoms with Crippen LogP contribution >= 0.6 is 0 Å². The first kappa shape index (κ1) is 34.0. The number of rotatable bonds is 20. The molecule has 0 saturated heterocycles. The Labute approximate surface area is 218 Å². The van der Waals surface area contributed by atoms with Crippen LogP contribution in [0.4, 0.5) is 0 Å². The van der Waals surface area contributed by atoms with Crippen molar-refractivity contribution in [3.05, 3.63) is 35.9 Å². The first-order valence-electron chi connectivity index (χ1n) is 14.0. The summed E-state index contributed by atoms with van der Waals surface area (Å²) in [5, 5.41) is 0. The first-order chi connectivity index (χ1) is 16.6. The van der Waals surface area contributed by atoms with Crippen molar-refractivity contribution in [3.63, 3.8) is 0 Å². The van der Waals surface area contributed by atoms with Gasteiger partial charge in [-0.1, -0.05) is 134 Å². The highest BCUT2D eigenvalue weighted by molar-refractivity contribution is 7.80. The van der Waals surface area contributed by atoms with Gasteiger partial charge in [-0.15, -0.1) is 0 Å². The van der Waals surface area contributed by atoms with Crippen molar-refractivity contribution in [2.24, 2.45) is 0 Å². The van der Waals surface area contributed by atoms with Gasteiger partial charge in [-0.3, -0.25) is 4.18 Å². The minimum absolute atomic E-state index is 0.628. The molecule has 35 heavy (non-hydrogen) atoms. The van der Waals surface area contributed by atoms with Crippen LogP contribution in [0.2, 0.25) is 0 Å². The van der Waals surface area contributed by atoms with Crippen molar-refractivity contribution in [2.75, 3.05) is 28.3 Å². The molecule has 0 heterocycles. The van der Waals surface area contributed by atoms with Gasteiger partial charge in [0.25, 0.3) is 0 Å². The molecule has 1 unspecified atom stereocenters. The van der Waals surface area contributed by atoms with E-state index in [1.807, 2.05) is 0 Å². The highest BCUT2D eigenvalue weighted by Crippen LogP contribution is 2.29. The van der Waals surface area contributed by atoms with Crippen LogP contribution in [0.1, 0.15) is 128 Å². The van der Waals surface area contributed by atoms with Gasteiger partial charge in [0, 0.05) is 12.0 Å². The molecule has 1 rings (SSSR count). The fourth-order valence-electron chi connectivity index (χ4n) is 4.56. The van der Waals surface area contributed by atoms with E-state index in [1.54, 1.807) is 0 Å². The SMILES string of the molecule is CCCCCCCCCCCCCCCCCCC(c1ccccc1)[N+](C)(C)C.COS(=O)(=O)[O-]. The second kappa shape index (κ2) is 21.2. The van der Waals surface area contributed by atoms with Crippen molar-refractivity contribution in [2.45, 2.75) is 122 Å². The molecule has 0 saturated carbocycles. The molecule has 0 radical (unpaired) electrons. The molecular formula is C29H55NO4S. The summed E-state index contributed by atoms with van der Waals surface area (Å²) in [5.74, 6) is 0. The minimum Gasteiger partial charge on any atom is -0.726 e. The van der Waals surface area contributed by atoms with E-state index in [2.05, 4.69) is 62.6 Å². The van der Waals surface area contributed by atoms with Gasteiger partial charge in [0.1, 0.15) is 6.04 Å². The van der Waals surface area contributed by atoms with Gasteiger partial charge in [-0.25, -0.2) is 8.42 Å². The van der Waals surface area contributed by atoms with Crippen LogP contribution in [0, 0.1) is 0 Å². The Morgan fingerprint density at radius 3 is 1.37 bits per heavy atom. The summed E-state index contributed by atoms with van der Waals surface area (Å²) in [6.07, 6.45) is 24.4. The Morgan fingerprint density at radius 2 is 1.06 bits per heavy atom. The molecule has 0 N–H and O–H groups in total. The monoisotopic (exact) mass is 513 g/mol. The molecule has 0 aromatic heterocycles. The third kappa shape index (κ3) is 22.0. The van der Waals surface area contributed by atoms with Crippen molar-refractivity contribution in [1.29, 1.82) is 0 Å². The number of quaternary nitrogens is 1. The predicted molar refractivity (Wildman–Crippen MR) is 148 cm³/mol. The topological polar surface area (TPSA) is 66.4 Å². The van der Waals surface area contributed by atoms with Gasteiger partial charge in [-0.05, 0) is 6.42 Å². The molecule has 5 nitrogen and oxygen atoms in total. The molecule has 0 aliphatic rings. The third-order valence-corrected chi connectivity index (χ3v) is 7.06. The Balaban J connectivity index is 0.00000170. The van der Waals surface area contributed by atoms with Gasteiger partial charge in [0.05, 0.1) is 28.3 Å². The summed E-state index contributed by atoms with van der Waals surface area (Å²) in [5.41, 5.74) is 1.50. The van der Waals surface area contributed by atoms with Gasteiger partial charge in [0.15, 0.2) is 0 Å². The molecule has 0 aliphatic heterocycles. The summed E-state index contributed by atoms with van der Waals surface area (Å²) >= 11 is 0. The van der Waals surface area contributed by atoms with E-state index in [1.165, 1.54) is 115 Å².